The Kier molecular flexibility index (Phi) is 12.0. The molecule has 172 valence electrons. The maximum absolute atomic E-state index is 12.5. The van der Waals surface area contributed by atoms with Crippen LogP contribution in [0.2, 0.25) is 0 Å². The summed E-state index contributed by atoms with van der Waals surface area (Å²) in [6.45, 7) is 4.83. The zero-order valence-electron chi connectivity index (χ0n) is 17.0. The number of aliphatic hydroxyl groups is 1. The first-order valence-corrected chi connectivity index (χ1v) is 9.83. The Labute approximate surface area is 179 Å². The quantitative estimate of drug-likeness (QED) is 0.141. The molecule has 5 atom stereocenters. The van der Waals surface area contributed by atoms with Crippen LogP contribution in [-0.4, -0.2) is 81.0 Å². The van der Waals surface area contributed by atoms with Gasteiger partial charge in [-0.1, -0.05) is 13.8 Å². The summed E-state index contributed by atoms with van der Waals surface area (Å²) in [4.78, 5) is 59.0. The fourth-order valence-electron chi connectivity index (χ4n) is 2.30. The van der Waals surface area contributed by atoms with Crippen LogP contribution in [0, 0.1) is 5.92 Å². The van der Waals surface area contributed by atoms with E-state index < -0.39 is 66.4 Å². The average Bonchev–Trinajstić information content (AvgIpc) is 2.62. The molecule has 12 nitrogen and oxygen atoms in total. The molecule has 8 N–H and O–H groups in total. The van der Waals surface area contributed by atoms with E-state index >= 15 is 0 Å². The van der Waals surface area contributed by atoms with Crippen molar-refractivity contribution in [3.8, 4) is 0 Å². The van der Waals surface area contributed by atoms with E-state index in [1.165, 1.54) is 6.92 Å². The molecule has 30 heavy (non-hydrogen) atoms. The fourth-order valence-corrected chi connectivity index (χ4v) is 2.56. The van der Waals surface area contributed by atoms with Crippen molar-refractivity contribution in [1.82, 2.24) is 16.0 Å². The van der Waals surface area contributed by atoms with Crippen LogP contribution in [0.5, 0.6) is 0 Å². The number of carboxylic acids is 2. The topological polar surface area (TPSA) is 208 Å². The lowest BCUT2D eigenvalue weighted by atomic mass is 10.0. The van der Waals surface area contributed by atoms with Gasteiger partial charge in [-0.15, -0.1) is 0 Å². The predicted octanol–water partition coefficient (Wildman–Crippen LogP) is -2.32. The third-order valence-electron chi connectivity index (χ3n) is 3.97. The van der Waals surface area contributed by atoms with Gasteiger partial charge in [0.1, 0.15) is 24.2 Å². The smallest absolute Gasteiger partial charge is 0.326 e. The number of carbonyl (C=O) groups excluding carboxylic acids is 3. The van der Waals surface area contributed by atoms with Crippen LogP contribution in [0.1, 0.15) is 33.6 Å². The third-order valence-corrected chi connectivity index (χ3v) is 4.34. The molecule has 0 aromatic carbocycles. The molecule has 3 amide bonds. The van der Waals surface area contributed by atoms with Crippen molar-refractivity contribution in [3.05, 3.63) is 0 Å². The second-order valence-corrected chi connectivity index (χ2v) is 7.56. The molecule has 0 aliphatic carbocycles. The molecule has 13 heteroatoms. The summed E-state index contributed by atoms with van der Waals surface area (Å²) in [5.41, 5.74) is 5.52. The number of aliphatic hydroxyl groups excluding tert-OH is 1. The number of amides is 3. The number of hydrogen-bond acceptors (Lipinski definition) is 8. The van der Waals surface area contributed by atoms with Gasteiger partial charge in [0, 0.05) is 5.75 Å². The van der Waals surface area contributed by atoms with Crippen molar-refractivity contribution in [1.29, 1.82) is 0 Å². The van der Waals surface area contributed by atoms with Crippen LogP contribution in [0.4, 0.5) is 0 Å². The van der Waals surface area contributed by atoms with Gasteiger partial charge in [-0.2, -0.15) is 12.6 Å². The van der Waals surface area contributed by atoms with E-state index in [-0.39, 0.29) is 18.1 Å². The van der Waals surface area contributed by atoms with Gasteiger partial charge < -0.3 is 37.0 Å². The summed E-state index contributed by atoms with van der Waals surface area (Å²) >= 11 is 3.99. The summed E-state index contributed by atoms with van der Waals surface area (Å²) in [6, 6.07) is -5.31. The van der Waals surface area contributed by atoms with E-state index in [2.05, 4.69) is 28.6 Å². The van der Waals surface area contributed by atoms with Crippen LogP contribution >= 0.6 is 12.6 Å². The highest BCUT2D eigenvalue weighted by Gasteiger charge is 2.31. The van der Waals surface area contributed by atoms with Crippen LogP contribution < -0.4 is 21.7 Å². The summed E-state index contributed by atoms with van der Waals surface area (Å²) < 4.78 is 0. The minimum Gasteiger partial charge on any atom is -0.481 e. The number of carbonyl (C=O) groups is 5. The molecule has 0 aliphatic rings. The van der Waals surface area contributed by atoms with Gasteiger partial charge in [0.15, 0.2) is 0 Å². The van der Waals surface area contributed by atoms with Gasteiger partial charge >= 0.3 is 11.9 Å². The Hall–Kier alpha value is -2.38. The third kappa shape index (κ3) is 9.89. The normalized spacial score (nSPS) is 16.0. The highest BCUT2D eigenvalue weighted by Crippen LogP contribution is 2.07. The molecular weight excluding hydrogens is 420 g/mol. The Morgan fingerprint density at radius 1 is 0.867 bits per heavy atom. The molecule has 0 bridgehead atoms. The van der Waals surface area contributed by atoms with Crippen LogP contribution in [0.25, 0.3) is 0 Å². The van der Waals surface area contributed by atoms with Crippen molar-refractivity contribution in [2.75, 3.05) is 5.75 Å². The lowest BCUT2D eigenvalue weighted by molar-refractivity contribution is -0.147. The number of thiol groups is 1. The Morgan fingerprint density at radius 2 is 1.33 bits per heavy atom. The molecule has 0 heterocycles. The lowest BCUT2D eigenvalue weighted by Crippen LogP contribution is -2.58. The highest BCUT2D eigenvalue weighted by atomic mass is 32.1. The first-order valence-electron chi connectivity index (χ1n) is 9.20. The number of aliphatic carboxylic acids is 2. The lowest BCUT2D eigenvalue weighted by Gasteiger charge is -2.25. The molecule has 0 rings (SSSR count). The minimum atomic E-state index is -1.68. The predicted molar refractivity (Wildman–Crippen MR) is 109 cm³/mol. The van der Waals surface area contributed by atoms with Crippen molar-refractivity contribution in [2.24, 2.45) is 11.7 Å². The fraction of sp³-hybridized carbons (Fsp3) is 0.706. The van der Waals surface area contributed by atoms with E-state index in [4.69, 9.17) is 15.9 Å². The number of nitrogens with two attached hydrogens (primary N) is 1. The zero-order chi connectivity index (χ0) is 23.6. The van der Waals surface area contributed by atoms with Crippen molar-refractivity contribution < 1.29 is 39.3 Å². The van der Waals surface area contributed by atoms with Crippen LogP contribution in [0.3, 0.4) is 0 Å². The number of hydrogen-bond donors (Lipinski definition) is 8. The minimum absolute atomic E-state index is 0.0866. The standard InChI is InChI=1S/C17H30N4O8S/c1-7(2)4-9(14(25)20-10(17(28)29)5-12(23)24)19-15(26)11(6-30)21-16(27)13(18)8(3)22/h7-11,13,22,30H,4-6,18H2,1-3H3,(H,19,26)(H,20,25)(H,21,27)(H,23,24)(H,28,29). The number of rotatable bonds is 13. The second kappa shape index (κ2) is 13.0. The first-order chi connectivity index (χ1) is 13.8. The molecule has 0 aromatic heterocycles. The summed E-state index contributed by atoms with van der Waals surface area (Å²) in [5, 5.41) is 34.1. The average molecular weight is 451 g/mol. The SMILES string of the molecule is CC(C)CC(NC(=O)C(CS)NC(=O)C(N)C(C)O)C(=O)NC(CC(=O)O)C(=O)O. The van der Waals surface area contributed by atoms with Gasteiger partial charge in [-0.3, -0.25) is 19.2 Å². The van der Waals surface area contributed by atoms with Crippen molar-refractivity contribution >= 4 is 42.3 Å². The van der Waals surface area contributed by atoms with Gasteiger partial charge in [-0.05, 0) is 19.3 Å². The van der Waals surface area contributed by atoms with E-state index in [0.29, 0.717) is 0 Å². The molecule has 0 saturated carbocycles. The largest absolute Gasteiger partial charge is 0.481 e. The van der Waals surface area contributed by atoms with E-state index in [9.17, 15) is 29.1 Å². The van der Waals surface area contributed by atoms with Gasteiger partial charge in [0.25, 0.3) is 0 Å². The summed E-state index contributed by atoms with van der Waals surface area (Å²) in [7, 11) is 0. The molecule has 5 unspecified atom stereocenters. The van der Waals surface area contributed by atoms with Crippen molar-refractivity contribution in [2.45, 2.75) is 63.9 Å². The highest BCUT2D eigenvalue weighted by molar-refractivity contribution is 7.80. The molecule has 0 radical (unpaired) electrons. The Morgan fingerprint density at radius 3 is 1.73 bits per heavy atom. The van der Waals surface area contributed by atoms with E-state index in [0.717, 1.165) is 0 Å². The molecule has 0 aliphatic heterocycles. The Balaban J connectivity index is 5.31. The summed E-state index contributed by atoms with van der Waals surface area (Å²) in [5.74, 6) is -5.63. The van der Waals surface area contributed by atoms with Crippen LogP contribution in [0.15, 0.2) is 0 Å². The van der Waals surface area contributed by atoms with Gasteiger partial charge in [0.2, 0.25) is 17.7 Å². The molecular formula is C17H30N4O8S. The maximum Gasteiger partial charge on any atom is 0.326 e. The first kappa shape index (κ1) is 27.6. The summed E-state index contributed by atoms with van der Waals surface area (Å²) in [6.07, 6.45) is -1.87. The van der Waals surface area contributed by atoms with Crippen LogP contribution in [-0.2, 0) is 24.0 Å². The van der Waals surface area contributed by atoms with Crippen molar-refractivity contribution in [3.63, 3.8) is 0 Å². The molecule has 0 aromatic rings. The van der Waals surface area contributed by atoms with Gasteiger partial charge in [-0.25, -0.2) is 4.79 Å². The Bertz CT molecular complexity index is 643. The monoisotopic (exact) mass is 450 g/mol. The van der Waals surface area contributed by atoms with E-state index in [1.54, 1.807) is 13.8 Å². The maximum atomic E-state index is 12.5. The second-order valence-electron chi connectivity index (χ2n) is 7.20. The number of nitrogens with one attached hydrogen (secondary N) is 3. The molecule has 0 spiro atoms. The van der Waals surface area contributed by atoms with Gasteiger partial charge in [0.05, 0.1) is 12.5 Å². The molecule has 0 fully saturated rings. The van der Waals surface area contributed by atoms with E-state index in [1.807, 2.05) is 0 Å². The number of carboxylic acid groups (broad SMARTS) is 2. The molecule has 0 saturated heterocycles. The zero-order valence-corrected chi connectivity index (χ0v) is 17.9.